The van der Waals surface area contributed by atoms with Gasteiger partial charge in [-0.1, -0.05) is 41.9 Å². The maximum absolute atomic E-state index is 9.13. The van der Waals surface area contributed by atoms with Gasteiger partial charge in [0.15, 0.2) is 0 Å². The number of hydrogen-bond donors (Lipinski definition) is 3. The average Bonchev–Trinajstić information content (AvgIpc) is 2.82. The summed E-state index contributed by atoms with van der Waals surface area (Å²) in [6.07, 6.45) is 0. The Morgan fingerprint density at radius 2 is 1.95 bits per heavy atom. The van der Waals surface area contributed by atoms with Crippen LogP contribution in [-0.4, -0.2) is 10.1 Å². The number of anilines is 1. The number of hydrogen-bond acceptors (Lipinski definition) is 2. The molecule has 0 saturated heterocycles. The molecule has 0 aliphatic rings. The third kappa shape index (κ3) is 2.50. The Morgan fingerprint density at radius 1 is 1.10 bits per heavy atom. The largest absolute Gasteiger partial charge is 0.392 e. The Morgan fingerprint density at radius 3 is 2.75 bits per heavy atom. The normalized spacial score (nSPS) is 10.9. The van der Waals surface area contributed by atoms with Gasteiger partial charge in [-0.15, -0.1) is 0 Å². The van der Waals surface area contributed by atoms with Crippen LogP contribution in [0, 0.1) is 0 Å². The first-order valence-electron chi connectivity index (χ1n) is 6.46. The number of nitrogens with one attached hydrogen (secondary N) is 2. The number of para-hydroxylation sites is 1. The Hall–Kier alpha value is -1.97. The van der Waals surface area contributed by atoms with E-state index >= 15 is 0 Å². The second-order valence-electron chi connectivity index (χ2n) is 4.68. The zero-order chi connectivity index (χ0) is 13.9. The molecule has 4 heteroatoms. The highest BCUT2D eigenvalue weighted by Gasteiger charge is 2.08. The van der Waals surface area contributed by atoms with Gasteiger partial charge in [-0.3, -0.25) is 0 Å². The Kier molecular flexibility index (Phi) is 3.63. The third-order valence-electron chi connectivity index (χ3n) is 3.29. The van der Waals surface area contributed by atoms with Gasteiger partial charge in [0.1, 0.15) is 0 Å². The van der Waals surface area contributed by atoms with Gasteiger partial charge in [-0.25, -0.2) is 0 Å². The monoisotopic (exact) mass is 286 g/mol. The van der Waals surface area contributed by atoms with Crippen molar-refractivity contribution in [3.8, 4) is 0 Å². The molecule has 0 aliphatic carbocycles. The number of aromatic nitrogens is 1. The summed E-state index contributed by atoms with van der Waals surface area (Å²) >= 11 is 6.37. The number of aliphatic hydroxyl groups excluding tert-OH is 1. The molecule has 0 bridgehead atoms. The Bertz CT molecular complexity index is 736. The topological polar surface area (TPSA) is 48.0 Å². The van der Waals surface area contributed by atoms with E-state index in [2.05, 4.69) is 10.3 Å². The second-order valence-corrected chi connectivity index (χ2v) is 5.05. The molecule has 3 N–H and O–H groups in total. The van der Waals surface area contributed by atoms with Crippen LogP contribution in [-0.2, 0) is 13.2 Å². The van der Waals surface area contributed by atoms with Crippen LogP contribution in [0.2, 0.25) is 5.02 Å². The fraction of sp³-hybridized carbons (Fsp3) is 0.125. The lowest BCUT2D eigenvalue weighted by Crippen LogP contribution is -2.00. The zero-order valence-electron chi connectivity index (χ0n) is 10.9. The molecule has 0 saturated carbocycles. The highest BCUT2D eigenvalue weighted by molar-refractivity contribution is 6.36. The predicted octanol–water partition coefficient (Wildman–Crippen LogP) is 3.93. The minimum Gasteiger partial charge on any atom is -0.392 e. The van der Waals surface area contributed by atoms with E-state index < -0.39 is 0 Å². The van der Waals surface area contributed by atoms with E-state index in [0.717, 1.165) is 32.9 Å². The zero-order valence-corrected chi connectivity index (χ0v) is 11.6. The summed E-state index contributed by atoms with van der Waals surface area (Å²) < 4.78 is 0. The number of aromatic amines is 1. The standard InChI is InChI=1S/C16H15ClN2O/c17-16-13-6-1-2-7-14(13)19-15(16)9-18-12-5-3-4-11(8-12)10-20/h1-8,18-20H,9-10H2. The number of halogens is 1. The molecule has 1 heterocycles. The molecule has 3 nitrogen and oxygen atoms in total. The number of rotatable bonds is 4. The molecule has 1 aromatic heterocycles. The smallest absolute Gasteiger partial charge is 0.0710 e. The highest BCUT2D eigenvalue weighted by Crippen LogP contribution is 2.27. The number of benzene rings is 2. The van der Waals surface area contributed by atoms with Crippen LogP contribution in [0.5, 0.6) is 0 Å². The highest BCUT2D eigenvalue weighted by atomic mass is 35.5. The lowest BCUT2D eigenvalue weighted by atomic mass is 10.2. The third-order valence-corrected chi connectivity index (χ3v) is 3.72. The Labute approximate surface area is 122 Å². The van der Waals surface area contributed by atoms with Crippen molar-refractivity contribution in [3.63, 3.8) is 0 Å². The molecular weight excluding hydrogens is 272 g/mol. The summed E-state index contributed by atoms with van der Waals surface area (Å²) in [6.45, 7) is 0.658. The number of fused-ring (bicyclic) bond motifs is 1. The van der Waals surface area contributed by atoms with Gasteiger partial charge in [-0.05, 0) is 23.8 Å². The fourth-order valence-corrected chi connectivity index (χ4v) is 2.53. The molecule has 0 unspecified atom stereocenters. The number of H-pyrrole nitrogens is 1. The summed E-state index contributed by atoms with van der Waals surface area (Å²) in [5.41, 5.74) is 3.85. The molecule has 0 aliphatic heterocycles. The van der Waals surface area contributed by atoms with Crippen molar-refractivity contribution in [1.29, 1.82) is 0 Å². The van der Waals surface area contributed by atoms with Gasteiger partial charge in [0.05, 0.1) is 23.9 Å². The molecule has 102 valence electrons. The van der Waals surface area contributed by atoms with Crippen molar-refractivity contribution in [3.05, 3.63) is 64.8 Å². The van der Waals surface area contributed by atoms with Crippen molar-refractivity contribution in [1.82, 2.24) is 4.98 Å². The lowest BCUT2D eigenvalue weighted by molar-refractivity contribution is 0.282. The Balaban J connectivity index is 1.81. The molecule has 3 rings (SSSR count). The maximum atomic E-state index is 9.13. The van der Waals surface area contributed by atoms with E-state index in [9.17, 15) is 0 Å². The van der Waals surface area contributed by atoms with Crippen molar-refractivity contribution < 1.29 is 5.11 Å². The molecule has 0 amide bonds. The van der Waals surface area contributed by atoms with Crippen LogP contribution in [0.15, 0.2) is 48.5 Å². The lowest BCUT2D eigenvalue weighted by Gasteiger charge is -2.07. The fourth-order valence-electron chi connectivity index (χ4n) is 2.26. The summed E-state index contributed by atoms with van der Waals surface area (Å²) in [4.78, 5) is 3.32. The van der Waals surface area contributed by atoms with Crippen LogP contribution < -0.4 is 5.32 Å². The van der Waals surface area contributed by atoms with E-state index in [-0.39, 0.29) is 6.61 Å². The first kappa shape index (κ1) is 13.0. The second kappa shape index (κ2) is 5.57. The van der Waals surface area contributed by atoms with Crippen molar-refractivity contribution >= 4 is 28.2 Å². The number of aliphatic hydroxyl groups is 1. The quantitative estimate of drug-likeness (QED) is 0.681. The van der Waals surface area contributed by atoms with Gasteiger partial charge in [0.2, 0.25) is 0 Å². The minimum atomic E-state index is 0.0443. The van der Waals surface area contributed by atoms with Crippen LogP contribution in [0.25, 0.3) is 10.9 Å². The maximum Gasteiger partial charge on any atom is 0.0710 e. The summed E-state index contributed by atoms with van der Waals surface area (Å²) in [5.74, 6) is 0. The molecule has 0 radical (unpaired) electrons. The van der Waals surface area contributed by atoms with Crippen LogP contribution in [0.3, 0.4) is 0 Å². The summed E-state index contributed by atoms with van der Waals surface area (Å²) in [6, 6.07) is 15.7. The van der Waals surface area contributed by atoms with Crippen LogP contribution in [0.1, 0.15) is 11.3 Å². The SMILES string of the molecule is OCc1cccc(NCc2[nH]c3ccccc3c2Cl)c1. The van der Waals surface area contributed by atoms with Crippen molar-refractivity contribution in [2.45, 2.75) is 13.2 Å². The van der Waals surface area contributed by atoms with Gasteiger partial charge in [0, 0.05) is 16.6 Å². The molecule has 20 heavy (non-hydrogen) atoms. The van der Waals surface area contributed by atoms with Gasteiger partial charge >= 0.3 is 0 Å². The molecule has 0 fully saturated rings. The van der Waals surface area contributed by atoms with Gasteiger partial charge < -0.3 is 15.4 Å². The van der Waals surface area contributed by atoms with E-state index in [1.54, 1.807) is 0 Å². The van der Waals surface area contributed by atoms with Crippen molar-refractivity contribution in [2.24, 2.45) is 0 Å². The first-order chi connectivity index (χ1) is 9.78. The van der Waals surface area contributed by atoms with E-state index in [1.165, 1.54) is 0 Å². The first-order valence-corrected chi connectivity index (χ1v) is 6.84. The van der Waals surface area contributed by atoms with E-state index in [4.69, 9.17) is 16.7 Å². The van der Waals surface area contributed by atoms with Crippen molar-refractivity contribution in [2.75, 3.05) is 5.32 Å². The molecule has 0 spiro atoms. The molecule has 2 aromatic carbocycles. The predicted molar refractivity (Wildman–Crippen MR) is 83.0 cm³/mol. The molecular formula is C16H15ClN2O. The van der Waals surface area contributed by atoms with Crippen LogP contribution in [0.4, 0.5) is 5.69 Å². The van der Waals surface area contributed by atoms with Gasteiger partial charge in [0.25, 0.3) is 0 Å². The molecule has 3 aromatic rings. The minimum absolute atomic E-state index is 0.0443. The van der Waals surface area contributed by atoms with Crippen LogP contribution >= 0.6 is 11.6 Å². The molecule has 0 atom stereocenters. The summed E-state index contributed by atoms with van der Waals surface area (Å²) in [7, 11) is 0. The van der Waals surface area contributed by atoms with E-state index in [0.29, 0.717) is 6.54 Å². The summed E-state index contributed by atoms with van der Waals surface area (Å²) in [5, 5.41) is 14.2. The van der Waals surface area contributed by atoms with E-state index in [1.807, 2.05) is 48.5 Å². The average molecular weight is 287 g/mol. The van der Waals surface area contributed by atoms with Gasteiger partial charge in [-0.2, -0.15) is 0 Å².